The molecule has 1 aromatic rings. The predicted molar refractivity (Wildman–Crippen MR) is 96.7 cm³/mol. The van der Waals surface area contributed by atoms with Crippen molar-refractivity contribution in [1.82, 2.24) is 18.6 Å². The van der Waals surface area contributed by atoms with Crippen LogP contribution >= 0.6 is 0 Å². The van der Waals surface area contributed by atoms with Crippen LogP contribution in [0.15, 0.2) is 51.8 Å². The largest absolute Gasteiger partial charge is 0.337 e. The van der Waals surface area contributed by atoms with E-state index in [1.165, 1.54) is 17.1 Å². The van der Waals surface area contributed by atoms with Gasteiger partial charge in [-0.3, -0.25) is 4.79 Å². The molecule has 0 radical (unpaired) electrons. The van der Waals surface area contributed by atoms with E-state index in [1.54, 1.807) is 13.8 Å². The van der Waals surface area contributed by atoms with Crippen molar-refractivity contribution < 1.29 is 4.79 Å². The molecule has 1 amide bonds. The van der Waals surface area contributed by atoms with Crippen molar-refractivity contribution >= 4 is 5.91 Å². The highest BCUT2D eigenvalue weighted by molar-refractivity contribution is 5.76. The number of carbonyl (C=O) groups is 1. The molecule has 0 aliphatic heterocycles. The average molecular weight is 348 g/mol. The fourth-order valence-corrected chi connectivity index (χ4v) is 2.33. The van der Waals surface area contributed by atoms with E-state index in [-0.39, 0.29) is 13.1 Å². The Morgan fingerprint density at radius 1 is 1.00 bits per heavy atom. The lowest BCUT2D eigenvalue weighted by Crippen LogP contribution is -2.55. The molecule has 0 unspecified atom stereocenters. The first-order valence-corrected chi connectivity index (χ1v) is 7.86. The molecule has 1 heterocycles. The molecule has 0 saturated carbocycles. The van der Waals surface area contributed by atoms with Gasteiger partial charge in [0, 0.05) is 13.1 Å². The fraction of sp³-hybridized carbons (Fsp3) is 0.412. The van der Waals surface area contributed by atoms with Crippen molar-refractivity contribution in [3.63, 3.8) is 0 Å². The van der Waals surface area contributed by atoms with Crippen LogP contribution in [-0.4, -0.2) is 37.6 Å². The number of aromatic nitrogens is 3. The van der Waals surface area contributed by atoms with Crippen LogP contribution in [0.3, 0.4) is 0 Å². The molecule has 0 spiro atoms. The highest BCUT2D eigenvalue weighted by Crippen LogP contribution is 1.97. The Morgan fingerprint density at radius 3 is 1.80 bits per heavy atom. The Labute approximate surface area is 145 Å². The maximum atomic E-state index is 12.5. The minimum Gasteiger partial charge on any atom is -0.337 e. The number of hydrogen-bond donors (Lipinski definition) is 0. The fourth-order valence-electron chi connectivity index (χ4n) is 2.33. The number of likely N-dealkylation sites (N-methyl/N-ethyl adjacent to an activating group) is 1. The van der Waals surface area contributed by atoms with Gasteiger partial charge in [0.05, 0.1) is 13.1 Å². The first kappa shape index (κ1) is 20.1. The molecule has 136 valence electrons. The molecule has 0 N–H and O–H groups in total. The van der Waals surface area contributed by atoms with E-state index < -0.39 is 29.5 Å². The van der Waals surface area contributed by atoms with Gasteiger partial charge in [0.25, 0.3) is 0 Å². The van der Waals surface area contributed by atoms with Gasteiger partial charge in [-0.25, -0.2) is 28.1 Å². The molecular weight excluding hydrogens is 324 g/mol. The van der Waals surface area contributed by atoms with Crippen molar-refractivity contribution in [2.75, 3.05) is 13.1 Å². The van der Waals surface area contributed by atoms with Crippen LogP contribution in [-0.2, 0) is 24.4 Å². The standard InChI is InChI=1S/C17H24N4O4/c1-6-9-19-15(23)20(10-7-2)17(25)21(16(19)24)12-14(22)18(8-3)11-13(4)5/h6-7H,1-2,4,8-12H2,3,5H3. The van der Waals surface area contributed by atoms with Gasteiger partial charge in [-0.05, 0) is 13.8 Å². The Hall–Kier alpha value is -2.90. The van der Waals surface area contributed by atoms with E-state index in [4.69, 9.17) is 0 Å². The van der Waals surface area contributed by atoms with Crippen molar-refractivity contribution in [3.8, 4) is 0 Å². The maximum Gasteiger partial charge on any atom is 0.337 e. The lowest BCUT2D eigenvalue weighted by atomic mass is 10.3. The van der Waals surface area contributed by atoms with E-state index in [2.05, 4.69) is 19.7 Å². The van der Waals surface area contributed by atoms with Gasteiger partial charge < -0.3 is 4.90 Å². The van der Waals surface area contributed by atoms with E-state index in [1.807, 2.05) is 0 Å². The third-order valence-electron chi connectivity index (χ3n) is 3.50. The SMILES string of the molecule is C=CCn1c(=O)n(CC=C)c(=O)n(CC(=O)N(CC)CC(=C)C)c1=O. The van der Waals surface area contributed by atoms with Crippen LogP contribution in [0.5, 0.6) is 0 Å². The molecule has 0 bridgehead atoms. The summed E-state index contributed by atoms with van der Waals surface area (Å²) < 4.78 is 2.48. The number of nitrogens with zero attached hydrogens (tertiary/aromatic N) is 4. The van der Waals surface area contributed by atoms with Crippen molar-refractivity contribution in [3.05, 3.63) is 68.9 Å². The second-order valence-corrected chi connectivity index (χ2v) is 5.60. The van der Waals surface area contributed by atoms with Crippen molar-refractivity contribution in [2.24, 2.45) is 0 Å². The number of hydrogen-bond acceptors (Lipinski definition) is 4. The summed E-state index contributed by atoms with van der Waals surface area (Å²) in [5, 5.41) is 0. The zero-order valence-electron chi connectivity index (χ0n) is 14.7. The highest BCUT2D eigenvalue weighted by atomic mass is 16.2. The average Bonchev–Trinajstić information content (AvgIpc) is 2.56. The van der Waals surface area contributed by atoms with Gasteiger partial charge in [-0.1, -0.05) is 24.3 Å². The molecule has 8 heteroatoms. The Bertz CT molecular complexity index is 809. The van der Waals surface area contributed by atoms with Gasteiger partial charge >= 0.3 is 17.1 Å². The third-order valence-corrected chi connectivity index (χ3v) is 3.50. The minimum absolute atomic E-state index is 0.0630. The summed E-state index contributed by atoms with van der Waals surface area (Å²) >= 11 is 0. The molecule has 0 saturated heterocycles. The predicted octanol–water partition coefficient (Wildman–Crippen LogP) is -0.0317. The summed E-state index contributed by atoms with van der Waals surface area (Å²) in [6, 6.07) is 0. The van der Waals surface area contributed by atoms with Gasteiger partial charge in [-0.2, -0.15) is 0 Å². The van der Waals surface area contributed by atoms with Crippen LogP contribution in [0.25, 0.3) is 0 Å². The van der Waals surface area contributed by atoms with Gasteiger partial charge in [-0.15, -0.1) is 13.2 Å². The molecular formula is C17H24N4O4. The first-order valence-electron chi connectivity index (χ1n) is 7.86. The lowest BCUT2D eigenvalue weighted by molar-refractivity contribution is -0.131. The summed E-state index contributed by atoms with van der Waals surface area (Å²) in [6.45, 7) is 14.5. The number of rotatable bonds is 9. The third kappa shape index (κ3) is 4.56. The molecule has 0 fully saturated rings. The molecule has 0 aliphatic rings. The lowest BCUT2D eigenvalue weighted by Gasteiger charge is -2.21. The van der Waals surface area contributed by atoms with Crippen molar-refractivity contribution in [2.45, 2.75) is 33.5 Å². The highest BCUT2D eigenvalue weighted by Gasteiger charge is 2.19. The summed E-state index contributed by atoms with van der Waals surface area (Å²) in [5.74, 6) is -0.404. The van der Waals surface area contributed by atoms with Crippen molar-refractivity contribution in [1.29, 1.82) is 0 Å². The molecule has 25 heavy (non-hydrogen) atoms. The van der Waals surface area contributed by atoms with E-state index in [9.17, 15) is 19.2 Å². The molecule has 1 rings (SSSR count). The summed E-state index contributed by atoms with van der Waals surface area (Å²) in [4.78, 5) is 51.2. The zero-order chi connectivity index (χ0) is 19.1. The summed E-state index contributed by atoms with van der Waals surface area (Å²) in [7, 11) is 0. The van der Waals surface area contributed by atoms with Crippen LogP contribution in [0.2, 0.25) is 0 Å². The molecule has 0 aromatic carbocycles. The number of amides is 1. The van der Waals surface area contributed by atoms with Crippen LogP contribution in [0.1, 0.15) is 13.8 Å². The Kier molecular flexibility index (Phi) is 7.10. The van der Waals surface area contributed by atoms with E-state index >= 15 is 0 Å². The second-order valence-electron chi connectivity index (χ2n) is 5.60. The molecule has 0 atom stereocenters. The maximum absolute atomic E-state index is 12.5. The van der Waals surface area contributed by atoms with Gasteiger partial charge in [0.1, 0.15) is 6.54 Å². The number of carbonyl (C=O) groups excluding carboxylic acids is 1. The van der Waals surface area contributed by atoms with Gasteiger partial charge in [0.2, 0.25) is 5.91 Å². The molecule has 8 nitrogen and oxygen atoms in total. The quantitative estimate of drug-likeness (QED) is 0.587. The monoisotopic (exact) mass is 348 g/mol. The van der Waals surface area contributed by atoms with Gasteiger partial charge in [0.15, 0.2) is 0 Å². The van der Waals surface area contributed by atoms with E-state index in [0.29, 0.717) is 13.1 Å². The Balaban J connectivity index is 3.46. The zero-order valence-corrected chi connectivity index (χ0v) is 14.7. The normalized spacial score (nSPS) is 10.3. The number of allylic oxidation sites excluding steroid dienone is 2. The first-order chi connectivity index (χ1) is 11.8. The Morgan fingerprint density at radius 2 is 1.44 bits per heavy atom. The second kappa shape index (κ2) is 8.81. The summed E-state index contributed by atoms with van der Waals surface area (Å²) in [6.07, 6.45) is 2.74. The molecule has 1 aromatic heterocycles. The minimum atomic E-state index is -0.838. The van der Waals surface area contributed by atoms with E-state index in [0.717, 1.165) is 19.3 Å². The van der Waals surface area contributed by atoms with Crippen LogP contribution in [0.4, 0.5) is 0 Å². The topological polar surface area (TPSA) is 86.3 Å². The van der Waals surface area contributed by atoms with Crippen LogP contribution in [0, 0.1) is 0 Å². The molecule has 0 aliphatic carbocycles. The summed E-state index contributed by atoms with van der Waals surface area (Å²) in [5.41, 5.74) is -1.65. The van der Waals surface area contributed by atoms with Crippen LogP contribution < -0.4 is 17.1 Å². The smallest absolute Gasteiger partial charge is 0.337 e.